The molecule has 1 saturated carbocycles. The van der Waals surface area contributed by atoms with Crippen LogP contribution in [0.25, 0.3) is 0 Å². The van der Waals surface area contributed by atoms with Gasteiger partial charge in [-0.1, -0.05) is 48.5 Å². The van der Waals surface area contributed by atoms with Gasteiger partial charge >= 0.3 is 0 Å². The number of rotatable bonds is 2. The third kappa shape index (κ3) is 9.96. The van der Waals surface area contributed by atoms with Gasteiger partial charge in [-0.2, -0.15) is 0 Å². The lowest BCUT2D eigenvalue weighted by molar-refractivity contribution is -0.112. The molecule has 15 heavy (non-hydrogen) atoms. The van der Waals surface area contributed by atoms with Crippen LogP contribution in [0, 0.1) is 11.8 Å². The van der Waals surface area contributed by atoms with Crippen LogP contribution in [0.5, 0.6) is 0 Å². The Morgan fingerprint density at radius 3 is 1.67 bits per heavy atom. The second kappa shape index (κ2) is 16.1. The molecule has 0 spiro atoms. The summed E-state index contributed by atoms with van der Waals surface area (Å²) < 4.78 is 0. The van der Waals surface area contributed by atoms with Gasteiger partial charge in [0.15, 0.2) is 0 Å². The van der Waals surface area contributed by atoms with Crippen LogP contribution < -0.4 is 0 Å². The smallest absolute Gasteiger partial charge is 0.123 e. The van der Waals surface area contributed by atoms with Gasteiger partial charge in [0.05, 0.1) is 0 Å². The summed E-state index contributed by atoms with van der Waals surface area (Å²) in [6.07, 6.45) is 7.27. The molecule has 0 amide bonds. The number of carbonyl (C=O) groups excluding carboxylic acids is 1. The molecule has 0 aromatic heterocycles. The summed E-state index contributed by atoms with van der Waals surface area (Å²) >= 11 is 0. The Labute approximate surface area is 97.7 Å². The average Bonchev–Trinajstić information content (AvgIpc) is 2.34. The molecule has 1 rings (SSSR count). The Morgan fingerprint density at radius 2 is 1.40 bits per heavy atom. The molecule has 0 unspecified atom stereocenters. The normalized spacial score (nSPS) is 23.3. The van der Waals surface area contributed by atoms with Crippen LogP contribution in [-0.4, -0.2) is 6.29 Å². The van der Waals surface area contributed by atoms with Crippen molar-refractivity contribution >= 4 is 6.29 Å². The molecular formula is C14H32O. The molecule has 0 saturated heterocycles. The lowest BCUT2D eigenvalue weighted by Crippen LogP contribution is -2.14. The first-order chi connectivity index (χ1) is 6.86. The molecule has 0 heterocycles. The maximum Gasteiger partial charge on any atom is 0.123 e. The highest BCUT2D eigenvalue weighted by Crippen LogP contribution is 2.29. The molecule has 0 aromatic rings. The summed E-state index contributed by atoms with van der Waals surface area (Å²) in [7, 11) is 0. The lowest BCUT2D eigenvalue weighted by Gasteiger charge is -2.23. The molecule has 0 atom stereocenters. The summed E-state index contributed by atoms with van der Waals surface area (Å²) in [6.45, 7) is 10.2. The van der Waals surface area contributed by atoms with E-state index in [4.69, 9.17) is 0 Å². The van der Waals surface area contributed by atoms with E-state index in [2.05, 4.69) is 6.92 Å². The summed E-state index contributed by atoms with van der Waals surface area (Å²) in [5.74, 6) is 1.30. The standard InChI is InChI=1S/C9H16O.2C2H6.CH4/c1-2-8-3-5-9(7-10)6-4-8;2*1-2;/h7-9H,2-6H2,1H3;2*1-2H3;1H4. The van der Waals surface area contributed by atoms with E-state index in [1.54, 1.807) is 0 Å². The Balaban J connectivity index is -0.000000258. The number of aldehydes is 1. The van der Waals surface area contributed by atoms with Crippen LogP contribution in [0.3, 0.4) is 0 Å². The van der Waals surface area contributed by atoms with E-state index in [9.17, 15) is 4.79 Å². The molecule has 0 N–H and O–H groups in total. The summed E-state index contributed by atoms with van der Waals surface area (Å²) in [4.78, 5) is 10.4. The molecule has 1 nitrogen and oxygen atoms in total. The predicted octanol–water partition coefficient (Wildman–Crippen LogP) is 5.09. The van der Waals surface area contributed by atoms with Gasteiger partial charge in [-0.05, 0) is 31.6 Å². The molecule has 1 heteroatoms. The van der Waals surface area contributed by atoms with Gasteiger partial charge in [0.25, 0.3) is 0 Å². The van der Waals surface area contributed by atoms with Crippen LogP contribution in [0.1, 0.15) is 74.1 Å². The summed E-state index contributed by atoms with van der Waals surface area (Å²) in [5.41, 5.74) is 0. The quantitative estimate of drug-likeness (QED) is 0.588. The van der Waals surface area contributed by atoms with E-state index in [1.807, 2.05) is 27.7 Å². The lowest BCUT2D eigenvalue weighted by atomic mass is 9.82. The van der Waals surface area contributed by atoms with Gasteiger partial charge in [0, 0.05) is 5.92 Å². The van der Waals surface area contributed by atoms with Gasteiger partial charge in [-0.3, -0.25) is 0 Å². The highest BCUT2D eigenvalue weighted by molar-refractivity contribution is 5.53. The zero-order valence-corrected chi connectivity index (χ0v) is 10.7. The van der Waals surface area contributed by atoms with Crippen LogP contribution in [-0.2, 0) is 4.79 Å². The Hall–Kier alpha value is -0.330. The van der Waals surface area contributed by atoms with Crippen molar-refractivity contribution < 1.29 is 4.79 Å². The van der Waals surface area contributed by atoms with Gasteiger partial charge in [-0.25, -0.2) is 0 Å². The molecular weight excluding hydrogens is 184 g/mol. The van der Waals surface area contributed by atoms with Gasteiger partial charge in [0.1, 0.15) is 6.29 Å². The van der Waals surface area contributed by atoms with E-state index in [-0.39, 0.29) is 7.43 Å². The number of hydrogen-bond donors (Lipinski definition) is 0. The zero-order valence-electron chi connectivity index (χ0n) is 10.7. The zero-order chi connectivity index (χ0) is 11.4. The first-order valence-corrected chi connectivity index (χ1v) is 6.32. The molecule has 0 bridgehead atoms. The van der Waals surface area contributed by atoms with Crippen LogP contribution in [0.2, 0.25) is 0 Å². The maximum atomic E-state index is 10.4. The summed E-state index contributed by atoms with van der Waals surface area (Å²) in [6, 6.07) is 0. The van der Waals surface area contributed by atoms with Gasteiger partial charge < -0.3 is 4.79 Å². The van der Waals surface area contributed by atoms with Crippen molar-refractivity contribution in [1.82, 2.24) is 0 Å². The Bertz CT molecular complexity index is 102. The fourth-order valence-electron chi connectivity index (χ4n) is 1.73. The minimum atomic E-state index is 0. The van der Waals surface area contributed by atoms with E-state index in [0.29, 0.717) is 5.92 Å². The maximum absolute atomic E-state index is 10.4. The molecule has 1 aliphatic rings. The van der Waals surface area contributed by atoms with Crippen LogP contribution >= 0.6 is 0 Å². The van der Waals surface area contributed by atoms with Crippen molar-refractivity contribution in [3.63, 3.8) is 0 Å². The molecule has 1 fully saturated rings. The fraction of sp³-hybridized carbons (Fsp3) is 0.929. The van der Waals surface area contributed by atoms with Crippen molar-refractivity contribution in [2.75, 3.05) is 0 Å². The minimum Gasteiger partial charge on any atom is -0.303 e. The molecule has 0 aliphatic heterocycles. The average molecular weight is 216 g/mol. The summed E-state index contributed by atoms with van der Waals surface area (Å²) in [5, 5.41) is 0. The van der Waals surface area contributed by atoms with Gasteiger partial charge in [0.2, 0.25) is 0 Å². The van der Waals surface area contributed by atoms with Crippen molar-refractivity contribution in [3.8, 4) is 0 Å². The van der Waals surface area contributed by atoms with Crippen LogP contribution in [0.15, 0.2) is 0 Å². The van der Waals surface area contributed by atoms with Crippen molar-refractivity contribution in [2.45, 2.75) is 74.1 Å². The number of hydrogen-bond acceptors (Lipinski definition) is 1. The largest absolute Gasteiger partial charge is 0.303 e. The van der Waals surface area contributed by atoms with E-state index < -0.39 is 0 Å². The second-order valence-corrected chi connectivity index (χ2v) is 3.33. The van der Waals surface area contributed by atoms with Crippen molar-refractivity contribution in [2.24, 2.45) is 11.8 Å². The number of carbonyl (C=O) groups is 1. The van der Waals surface area contributed by atoms with Crippen LogP contribution in [0.4, 0.5) is 0 Å². The van der Waals surface area contributed by atoms with Crippen molar-refractivity contribution in [1.29, 1.82) is 0 Å². The minimum absolute atomic E-state index is 0. The Morgan fingerprint density at radius 1 is 1.00 bits per heavy atom. The molecule has 0 radical (unpaired) electrons. The van der Waals surface area contributed by atoms with E-state index in [1.165, 1.54) is 19.3 Å². The second-order valence-electron chi connectivity index (χ2n) is 3.33. The van der Waals surface area contributed by atoms with Crippen molar-refractivity contribution in [3.05, 3.63) is 0 Å². The topological polar surface area (TPSA) is 17.1 Å². The first-order valence-electron chi connectivity index (χ1n) is 6.32. The SMILES string of the molecule is C.CC.CC.CCC1CCC(C=O)CC1. The third-order valence-electron chi connectivity index (χ3n) is 2.66. The Kier molecular flexibility index (Phi) is 21.6. The first kappa shape index (κ1) is 20.1. The molecule has 0 aromatic carbocycles. The third-order valence-corrected chi connectivity index (χ3v) is 2.66. The highest BCUT2D eigenvalue weighted by Gasteiger charge is 2.18. The monoisotopic (exact) mass is 216 g/mol. The van der Waals surface area contributed by atoms with Gasteiger partial charge in [-0.15, -0.1) is 0 Å². The molecule has 94 valence electrons. The van der Waals surface area contributed by atoms with E-state index in [0.717, 1.165) is 25.0 Å². The fourth-order valence-corrected chi connectivity index (χ4v) is 1.73. The molecule has 1 aliphatic carbocycles. The highest BCUT2D eigenvalue weighted by atomic mass is 16.1. The predicted molar refractivity (Wildman–Crippen MR) is 71.2 cm³/mol. The van der Waals surface area contributed by atoms with E-state index >= 15 is 0 Å².